The molecule has 0 radical (unpaired) electrons. The number of nitrogens with zero attached hydrogens (tertiary/aromatic N) is 2. The Hall–Kier alpha value is -1.39. The SMILES string of the molecule is CC(CC(=O)NCCc1ncn[nH]1)C(C)(C)C. The first-order valence-electron chi connectivity index (χ1n) is 6.00. The highest BCUT2D eigenvalue weighted by Crippen LogP contribution is 2.27. The number of aromatic nitrogens is 3. The molecule has 1 aromatic heterocycles. The number of rotatable bonds is 5. The molecule has 0 spiro atoms. The van der Waals surface area contributed by atoms with E-state index >= 15 is 0 Å². The van der Waals surface area contributed by atoms with Crippen molar-refractivity contribution in [3.8, 4) is 0 Å². The molecular weight excluding hydrogens is 216 g/mol. The van der Waals surface area contributed by atoms with Crippen LogP contribution >= 0.6 is 0 Å². The van der Waals surface area contributed by atoms with Crippen molar-refractivity contribution in [2.45, 2.75) is 40.5 Å². The van der Waals surface area contributed by atoms with Gasteiger partial charge in [0.25, 0.3) is 0 Å². The summed E-state index contributed by atoms with van der Waals surface area (Å²) in [5.74, 6) is 1.27. The summed E-state index contributed by atoms with van der Waals surface area (Å²) in [6.07, 6.45) is 2.73. The van der Waals surface area contributed by atoms with Crippen LogP contribution in [0.3, 0.4) is 0 Å². The normalized spacial score (nSPS) is 13.4. The zero-order valence-electron chi connectivity index (χ0n) is 11.1. The van der Waals surface area contributed by atoms with E-state index in [2.05, 4.69) is 48.2 Å². The first-order chi connectivity index (χ1) is 7.89. The minimum atomic E-state index is 0.104. The van der Waals surface area contributed by atoms with Crippen molar-refractivity contribution in [2.24, 2.45) is 11.3 Å². The van der Waals surface area contributed by atoms with Crippen LogP contribution in [0.15, 0.2) is 6.33 Å². The van der Waals surface area contributed by atoms with Gasteiger partial charge in [-0.3, -0.25) is 9.89 Å². The number of nitrogens with one attached hydrogen (secondary N) is 2. The first-order valence-corrected chi connectivity index (χ1v) is 6.00. The van der Waals surface area contributed by atoms with Crippen molar-refractivity contribution in [1.82, 2.24) is 20.5 Å². The second kappa shape index (κ2) is 5.80. The van der Waals surface area contributed by atoms with E-state index in [0.29, 0.717) is 25.3 Å². The molecule has 1 heterocycles. The minimum Gasteiger partial charge on any atom is -0.356 e. The van der Waals surface area contributed by atoms with Crippen molar-refractivity contribution in [1.29, 1.82) is 0 Å². The van der Waals surface area contributed by atoms with E-state index in [4.69, 9.17) is 0 Å². The van der Waals surface area contributed by atoms with Gasteiger partial charge in [-0.15, -0.1) is 0 Å². The lowest BCUT2D eigenvalue weighted by Crippen LogP contribution is -2.30. The monoisotopic (exact) mass is 238 g/mol. The summed E-state index contributed by atoms with van der Waals surface area (Å²) in [4.78, 5) is 15.7. The van der Waals surface area contributed by atoms with Gasteiger partial charge in [0.05, 0.1) is 0 Å². The maximum Gasteiger partial charge on any atom is 0.220 e. The molecule has 0 aliphatic heterocycles. The highest BCUT2D eigenvalue weighted by Gasteiger charge is 2.22. The van der Waals surface area contributed by atoms with E-state index in [0.717, 1.165) is 5.82 Å². The van der Waals surface area contributed by atoms with Crippen molar-refractivity contribution in [3.05, 3.63) is 12.2 Å². The number of aromatic amines is 1. The predicted octanol–water partition coefficient (Wildman–Crippen LogP) is 1.54. The summed E-state index contributed by atoms with van der Waals surface area (Å²) in [5, 5.41) is 9.41. The zero-order valence-corrected chi connectivity index (χ0v) is 11.1. The van der Waals surface area contributed by atoms with E-state index in [1.165, 1.54) is 6.33 Å². The second-order valence-corrected chi connectivity index (χ2v) is 5.50. The molecule has 1 unspecified atom stereocenters. The lowest BCUT2D eigenvalue weighted by atomic mass is 9.80. The molecule has 0 aromatic carbocycles. The smallest absolute Gasteiger partial charge is 0.220 e. The third kappa shape index (κ3) is 4.97. The van der Waals surface area contributed by atoms with E-state index in [1.807, 2.05) is 0 Å². The van der Waals surface area contributed by atoms with Crippen molar-refractivity contribution < 1.29 is 4.79 Å². The van der Waals surface area contributed by atoms with E-state index < -0.39 is 0 Å². The fourth-order valence-corrected chi connectivity index (χ4v) is 1.33. The van der Waals surface area contributed by atoms with Gasteiger partial charge in [-0.2, -0.15) is 5.10 Å². The molecule has 1 amide bonds. The molecule has 0 saturated carbocycles. The van der Waals surface area contributed by atoms with Gasteiger partial charge >= 0.3 is 0 Å². The van der Waals surface area contributed by atoms with Crippen LogP contribution in [0.5, 0.6) is 0 Å². The standard InChI is InChI=1S/C12H22N4O/c1-9(12(2,3)4)7-11(17)13-6-5-10-14-8-15-16-10/h8-9H,5-7H2,1-4H3,(H,13,17)(H,14,15,16). The number of hydrogen-bond donors (Lipinski definition) is 2. The quantitative estimate of drug-likeness (QED) is 0.817. The van der Waals surface area contributed by atoms with Crippen LogP contribution in [-0.2, 0) is 11.2 Å². The molecule has 5 heteroatoms. The summed E-state index contributed by atoms with van der Waals surface area (Å²) < 4.78 is 0. The highest BCUT2D eigenvalue weighted by molar-refractivity contribution is 5.76. The predicted molar refractivity (Wildman–Crippen MR) is 66.3 cm³/mol. The molecule has 0 bridgehead atoms. The van der Waals surface area contributed by atoms with Gasteiger partial charge in [0.1, 0.15) is 12.2 Å². The summed E-state index contributed by atoms with van der Waals surface area (Å²) in [6, 6.07) is 0. The third-order valence-corrected chi connectivity index (χ3v) is 3.12. The van der Waals surface area contributed by atoms with Crippen molar-refractivity contribution in [3.63, 3.8) is 0 Å². The van der Waals surface area contributed by atoms with Gasteiger partial charge in [-0.05, 0) is 11.3 Å². The molecule has 1 aromatic rings. The van der Waals surface area contributed by atoms with Gasteiger partial charge in [0.15, 0.2) is 0 Å². The van der Waals surface area contributed by atoms with Crippen LogP contribution in [0.1, 0.15) is 39.9 Å². The zero-order chi connectivity index (χ0) is 12.9. The summed E-state index contributed by atoms with van der Waals surface area (Å²) in [7, 11) is 0. The fourth-order valence-electron chi connectivity index (χ4n) is 1.33. The highest BCUT2D eigenvalue weighted by atomic mass is 16.1. The Bertz CT molecular complexity index is 340. The third-order valence-electron chi connectivity index (χ3n) is 3.12. The fraction of sp³-hybridized carbons (Fsp3) is 0.750. The van der Waals surface area contributed by atoms with Crippen LogP contribution in [0.2, 0.25) is 0 Å². The maximum absolute atomic E-state index is 11.7. The number of H-pyrrole nitrogens is 1. The second-order valence-electron chi connectivity index (χ2n) is 5.50. The van der Waals surface area contributed by atoms with Crippen molar-refractivity contribution in [2.75, 3.05) is 6.54 Å². The van der Waals surface area contributed by atoms with E-state index in [9.17, 15) is 4.79 Å². The molecule has 2 N–H and O–H groups in total. The molecule has 0 aliphatic rings. The number of amides is 1. The van der Waals surface area contributed by atoms with Crippen LogP contribution in [0.25, 0.3) is 0 Å². The van der Waals surface area contributed by atoms with Crippen LogP contribution in [0.4, 0.5) is 0 Å². The Kier molecular flexibility index (Phi) is 4.66. The lowest BCUT2D eigenvalue weighted by molar-refractivity contribution is -0.122. The van der Waals surface area contributed by atoms with Gasteiger partial charge in [0, 0.05) is 19.4 Å². The van der Waals surface area contributed by atoms with Crippen LogP contribution in [-0.4, -0.2) is 27.6 Å². The van der Waals surface area contributed by atoms with Crippen LogP contribution < -0.4 is 5.32 Å². The van der Waals surface area contributed by atoms with Crippen LogP contribution in [0, 0.1) is 11.3 Å². The molecule has 5 nitrogen and oxygen atoms in total. The molecular formula is C12H22N4O. The number of hydrogen-bond acceptors (Lipinski definition) is 3. The number of carbonyl (C=O) groups excluding carboxylic acids is 1. The first kappa shape index (κ1) is 13.7. The Balaban J connectivity index is 2.22. The van der Waals surface area contributed by atoms with Gasteiger partial charge in [0.2, 0.25) is 5.91 Å². The Morgan fingerprint density at radius 1 is 1.53 bits per heavy atom. The summed E-state index contributed by atoms with van der Waals surface area (Å²) >= 11 is 0. The molecule has 0 fully saturated rings. The largest absolute Gasteiger partial charge is 0.356 e. The Morgan fingerprint density at radius 3 is 2.76 bits per heavy atom. The van der Waals surface area contributed by atoms with Crippen molar-refractivity contribution >= 4 is 5.91 Å². The van der Waals surface area contributed by atoms with E-state index in [1.54, 1.807) is 0 Å². The minimum absolute atomic E-state index is 0.104. The molecule has 0 saturated heterocycles. The van der Waals surface area contributed by atoms with Gasteiger partial charge in [-0.1, -0.05) is 27.7 Å². The molecule has 1 rings (SSSR count). The summed E-state index contributed by atoms with van der Waals surface area (Å²) in [6.45, 7) is 9.17. The molecule has 17 heavy (non-hydrogen) atoms. The number of carbonyl (C=O) groups is 1. The molecule has 96 valence electrons. The Morgan fingerprint density at radius 2 is 2.24 bits per heavy atom. The topological polar surface area (TPSA) is 70.7 Å². The van der Waals surface area contributed by atoms with Gasteiger partial charge < -0.3 is 5.32 Å². The average molecular weight is 238 g/mol. The maximum atomic E-state index is 11.7. The Labute approximate surface area is 102 Å². The molecule has 1 atom stereocenters. The van der Waals surface area contributed by atoms with Gasteiger partial charge in [-0.25, -0.2) is 4.98 Å². The average Bonchev–Trinajstić information content (AvgIpc) is 2.69. The summed E-state index contributed by atoms with van der Waals surface area (Å²) in [5.41, 5.74) is 0.169. The van der Waals surface area contributed by atoms with E-state index in [-0.39, 0.29) is 11.3 Å². The molecule has 0 aliphatic carbocycles. The lowest BCUT2D eigenvalue weighted by Gasteiger charge is -2.26.